The number of hydrogen-bond acceptors (Lipinski definition) is 3. The Hall–Kier alpha value is -1.17. The second-order valence-corrected chi connectivity index (χ2v) is 6.24. The van der Waals surface area contributed by atoms with Crippen LogP contribution in [0.4, 0.5) is 4.39 Å². The van der Waals surface area contributed by atoms with Gasteiger partial charge in [-0.2, -0.15) is 0 Å². The molecule has 0 aliphatic carbocycles. The van der Waals surface area contributed by atoms with Crippen LogP contribution in [0.1, 0.15) is 10.4 Å². The molecule has 2 aliphatic rings. The maximum Gasteiger partial charge on any atom is 0.257 e. The van der Waals surface area contributed by atoms with E-state index in [1.807, 2.05) is 7.05 Å². The lowest BCUT2D eigenvalue weighted by Crippen LogP contribution is -2.46. The Morgan fingerprint density at radius 2 is 2.14 bits per heavy atom. The van der Waals surface area contributed by atoms with Crippen LogP contribution in [0.25, 0.3) is 0 Å². The first kappa shape index (κ1) is 14.8. The highest BCUT2D eigenvalue weighted by Gasteiger charge is 2.35. The molecule has 0 saturated carbocycles. The van der Waals surface area contributed by atoms with E-state index in [1.54, 1.807) is 11.0 Å². The molecule has 2 fully saturated rings. The van der Waals surface area contributed by atoms with Gasteiger partial charge in [0.05, 0.1) is 29.8 Å². The van der Waals surface area contributed by atoms with Gasteiger partial charge in [0.1, 0.15) is 0 Å². The topological polar surface area (TPSA) is 32.8 Å². The Kier molecular flexibility index (Phi) is 4.15. The third kappa shape index (κ3) is 2.91. The number of benzene rings is 1. The van der Waals surface area contributed by atoms with Gasteiger partial charge in [-0.05, 0) is 19.2 Å². The molecule has 2 atom stereocenters. The van der Waals surface area contributed by atoms with Gasteiger partial charge in [0, 0.05) is 25.6 Å². The molecular weight excluding hydrogens is 295 g/mol. The van der Waals surface area contributed by atoms with Crippen LogP contribution in [-0.4, -0.2) is 61.6 Å². The van der Waals surface area contributed by atoms with Gasteiger partial charge in [-0.15, -0.1) is 0 Å². The van der Waals surface area contributed by atoms with E-state index in [1.165, 1.54) is 12.1 Å². The van der Waals surface area contributed by atoms with E-state index >= 15 is 0 Å². The van der Waals surface area contributed by atoms with Crippen molar-refractivity contribution in [2.24, 2.45) is 5.92 Å². The number of fused-ring (bicyclic) bond motifs is 3. The Bertz CT molecular complexity index is 554. The van der Waals surface area contributed by atoms with Gasteiger partial charge < -0.3 is 14.5 Å². The Morgan fingerprint density at radius 3 is 2.95 bits per heavy atom. The summed E-state index contributed by atoms with van der Waals surface area (Å²) in [6.07, 6.45) is 0. The van der Waals surface area contributed by atoms with Gasteiger partial charge in [0.15, 0.2) is 5.82 Å². The van der Waals surface area contributed by atoms with Crippen molar-refractivity contribution in [3.8, 4) is 0 Å². The minimum Gasteiger partial charge on any atom is -0.379 e. The van der Waals surface area contributed by atoms with Gasteiger partial charge in [0.2, 0.25) is 0 Å². The second-order valence-electron chi connectivity index (χ2n) is 5.84. The standard InChI is InChI=1S/C15H18ClFN2O2/c1-18-5-10-6-19(11(7-18)9-21-8-10)15(20)12-3-2-4-13(16)14(12)17/h2-4,10-11H,5-9H2,1H3/t10-,11-/m0/s1. The molecule has 1 aromatic carbocycles. The summed E-state index contributed by atoms with van der Waals surface area (Å²) in [7, 11) is 2.04. The summed E-state index contributed by atoms with van der Waals surface area (Å²) in [6, 6.07) is 4.49. The molecule has 3 rings (SSSR count). The molecule has 114 valence electrons. The first-order valence-corrected chi connectivity index (χ1v) is 7.45. The SMILES string of the molecule is CN1C[C@@H]2COC[C@H](C1)N(C(=O)c1cccc(Cl)c1F)C2. The van der Waals surface area contributed by atoms with Crippen molar-refractivity contribution >= 4 is 17.5 Å². The number of nitrogens with zero attached hydrogens (tertiary/aromatic N) is 2. The molecule has 0 radical (unpaired) electrons. The molecule has 2 bridgehead atoms. The predicted octanol–water partition coefficient (Wildman–Crippen LogP) is 1.88. The van der Waals surface area contributed by atoms with Crippen molar-refractivity contribution in [2.45, 2.75) is 6.04 Å². The Labute approximate surface area is 128 Å². The lowest BCUT2D eigenvalue weighted by atomic mass is 10.1. The maximum atomic E-state index is 14.1. The fourth-order valence-corrected chi connectivity index (χ4v) is 3.32. The number of ether oxygens (including phenoxy) is 1. The van der Waals surface area contributed by atoms with E-state index in [-0.39, 0.29) is 28.5 Å². The maximum absolute atomic E-state index is 14.1. The van der Waals surface area contributed by atoms with Crippen molar-refractivity contribution in [2.75, 3.05) is 39.9 Å². The third-order valence-electron chi connectivity index (χ3n) is 4.09. The first-order chi connectivity index (χ1) is 10.1. The van der Waals surface area contributed by atoms with Crippen molar-refractivity contribution < 1.29 is 13.9 Å². The van der Waals surface area contributed by atoms with Crippen LogP contribution in [0.2, 0.25) is 5.02 Å². The highest BCUT2D eigenvalue weighted by atomic mass is 35.5. The highest BCUT2D eigenvalue weighted by Crippen LogP contribution is 2.24. The van der Waals surface area contributed by atoms with Gasteiger partial charge >= 0.3 is 0 Å². The van der Waals surface area contributed by atoms with Gasteiger partial charge in [-0.25, -0.2) is 4.39 Å². The number of carbonyl (C=O) groups is 1. The minimum absolute atomic E-state index is 0.0213. The van der Waals surface area contributed by atoms with E-state index in [2.05, 4.69) is 4.90 Å². The summed E-state index contributed by atoms with van der Waals surface area (Å²) in [5.74, 6) is -0.684. The quantitative estimate of drug-likeness (QED) is 0.794. The molecule has 2 saturated heterocycles. The van der Waals surface area contributed by atoms with E-state index < -0.39 is 5.82 Å². The van der Waals surface area contributed by atoms with Crippen molar-refractivity contribution in [3.63, 3.8) is 0 Å². The molecule has 0 aromatic heterocycles. The highest BCUT2D eigenvalue weighted by molar-refractivity contribution is 6.31. The molecule has 2 heterocycles. The molecule has 0 spiro atoms. The molecule has 0 unspecified atom stereocenters. The summed E-state index contributed by atoms with van der Waals surface area (Å²) in [6.45, 7) is 3.36. The van der Waals surface area contributed by atoms with E-state index in [0.29, 0.717) is 19.8 Å². The number of rotatable bonds is 1. The summed E-state index contributed by atoms with van der Waals surface area (Å²) >= 11 is 5.78. The number of likely N-dealkylation sites (N-methyl/N-ethyl adjacent to an activating group) is 1. The lowest BCUT2D eigenvalue weighted by Gasteiger charge is -2.29. The molecule has 6 heteroatoms. The monoisotopic (exact) mass is 312 g/mol. The molecule has 0 N–H and O–H groups in total. The molecule has 21 heavy (non-hydrogen) atoms. The van der Waals surface area contributed by atoms with E-state index in [4.69, 9.17) is 16.3 Å². The summed E-state index contributed by atoms with van der Waals surface area (Å²) < 4.78 is 19.7. The van der Waals surface area contributed by atoms with Crippen molar-refractivity contribution in [1.29, 1.82) is 0 Å². The molecular formula is C15H18ClFN2O2. The molecule has 1 aromatic rings. The van der Waals surface area contributed by atoms with E-state index in [0.717, 1.165) is 13.1 Å². The van der Waals surface area contributed by atoms with Crippen LogP contribution in [0.3, 0.4) is 0 Å². The summed E-state index contributed by atoms with van der Waals surface area (Å²) in [5, 5.41) is -0.0213. The lowest BCUT2D eigenvalue weighted by molar-refractivity contribution is 0.0481. The van der Waals surface area contributed by atoms with Gasteiger partial charge in [0.25, 0.3) is 5.91 Å². The zero-order valence-electron chi connectivity index (χ0n) is 11.9. The predicted molar refractivity (Wildman–Crippen MR) is 78.0 cm³/mol. The van der Waals surface area contributed by atoms with Gasteiger partial charge in [-0.3, -0.25) is 4.79 Å². The van der Waals surface area contributed by atoms with Crippen molar-refractivity contribution in [1.82, 2.24) is 9.80 Å². The molecule has 1 amide bonds. The zero-order chi connectivity index (χ0) is 15.0. The van der Waals surface area contributed by atoms with Crippen LogP contribution >= 0.6 is 11.6 Å². The van der Waals surface area contributed by atoms with Crippen LogP contribution in [0, 0.1) is 11.7 Å². The minimum atomic E-state index is -0.641. The summed E-state index contributed by atoms with van der Waals surface area (Å²) in [5.41, 5.74) is 0.0395. The van der Waals surface area contributed by atoms with Crippen LogP contribution in [-0.2, 0) is 4.74 Å². The average Bonchev–Trinajstić information content (AvgIpc) is 2.71. The third-order valence-corrected chi connectivity index (χ3v) is 4.39. The molecule has 2 aliphatic heterocycles. The van der Waals surface area contributed by atoms with Gasteiger partial charge in [-0.1, -0.05) is 17.7 Å². The Morgan fingerprint density at radius 1 is 1.33 bits per heavy atom. The average molecular weight is 313 g/mol. The molecule has 4 nitrogen and oxygen atoms in total. The normalized spacial score (nSPS) is 26.5. The number of amides is 1. The second kappa shape index (κ2) is 5.91. The zero-order valence-corrected chi connectivity index (χ0v) is 12.6. The van der Waals surface area contributed by atoms with E-state index in [9.17, 15) is 9.18 Å². The van der Waals surface area contributed by atoms with Crippen molar-refractivity contribution in [3.05, 3.63) is 34.6 Å². The van der Waals surface area contributed by atoms with Crippen LogP contribution in [0.15, 0.2) is 18.2 Å². The van der Waals surface area contributed by atoms with Crippen LogP contribution < -0.4 is 0 Å². The first-order valence-electron chi connectivity index (χ1n) is 7.07. The fraction of sp³-hybridized carbons (Fsp3) is 0.533. The number of hydrogen-bond donors (Lipinski definition) is 0. The Balaban J connectivity index is 1.91. The number of carbonyl (C=O) groups excluding carboxylic acids is 1. The smallest absolute Gasteiger partial charge is 0.257 e. The van der Waals surface area contributed by atoms with Crippen LogP contribution in [0.5, 0.6) is 0 Å². The summed E-state index contributed by atoms with van der Waals surface area (Å²) in [4.78, 5) is 16.7. The largest absolute Gasteiger partial charge is 0.379 e. The fourth-order valence-electron chi connectivity index (χ4n) is 3.15. The number of halogens is 2.